The molecule has 2 N–H and O–H groups in total. The minimum Gasteiger partial charge on any atom is -0.370 e. The second-order valence-corrected chi connectivity index (χ2v) is 10.1. The number of thioether (sulfide) groups is 1. The second-order valence-electron chi connectivity index (χ2n) is 5.75. The first kappa shape index (κ1) is 17.1. The van der Waals surface area contributed by atoms with Crippen LogP contribution in [-0.2, 0) is 10.0 Å². The van der Waals surface area contributed by atoms with Gasteiger partial charge in [-0.3, -0.25) is 4.99 Å². The Hall–Kier alpha value is -0.770. The molecule has 2 aliphatic heterocycles. The number of thiophene rings is 1. The molecule has 2 fully saturated rings. The van der Waals surface area contributed by atoms with Gasteiger partial charge in [0.05, 0.1) is 0 Å². The molecule has 0 saturated carbocycles. The number of nitrogens with two attached hydrogens (primary N) is 1. The van der Waals surface area contributed by atoms with Crippen molar-refractivity contribution in [2.75, 3.05) is 44.2 Å². The number of aliphatic imine (C=N–C) groups is 1. The van der Waals surface area contributed by atoms with Crippen LogP contribution < -0.4 is 5.73 Å². The third-order valence-corrected chi connectivity index (χ3v) is 8.37. The summed E-state index contributed by atoms with van der Waals surface area (Å²) in [6.07, 6.45) is 0.844. The second kappa shape index (κ2) is 7.42. The maximum absolute atomic E-state index is 12.5. The van der Waals surface area contributed by atoms with Gasteiger partial charge in [0.25, 0.3) is 10.0 Å². The Morgan fingerprint density at radius 3 is 2.83 bits per heavy atom. The smallest absolute Gasteiger partial charge is 0.252 e. The van der Waals surface area contributed by atoms with Crippen molar-refractivity contribution in [3.05, 3.63) is 17.5 Å². The Morgan fingerprint density at radius 1 is 1.35 bits per heavy atom. The number of nitrogens with zero attached hydrogens (tertiary/aromatic N) is 3. The van der Waals surface area contributed by atoms with Crippen molar-refractivity contribution in [3.63, 3.8) is 0 Å². The van der Waals surface area contributed by atoms with E-state index in [1.165, 1.54) is 11.3 Å². The average molecular weight is 375 g/mol. The lowest BCUT2D eigenvalue weighted by Gasteiger charge is -2.27. The first-order valence-corrected chi connectivity index (χ1v) is 11.2. The Bertz CT molecular complexity index is 639. The van der Waals surface area contributed by atoms with Crippen molar-refractivity contribution >= 4 is 39.1 Å². The van der Waals surface area contributed by atoms with Crippen LogP contribution in [0.5, 0.6) is 0 Å². The lowest BCUT2D eigenvalue weighted by Crippen LogP contribution is -2.43. The lowest BCUT2D eigenvalue weighted by atomic mass is 10.1. The molecule has 0 bridgehead atoms. The molecule has 1 unspecified atom stereocenters. The van der Waals surface area contributed by atoms with E-state index in [-0.39, 0.29) is 5.92 Å². The molecule has 9 heteroatoms. The highest BCUT2D eigenvalue weighted by molar-refractivity contribution is 7.99. The van der Waals surface area contributed by atoms with Gasteiger partial charge in [0.15, 0.2) is 5.96 Å². The molecular weight excluding hydrogens is 352 g/mol. The number of sulfonamides is 1. The summed E-state index contributed by atoms with van der Waals surface area (Å²) in [6, 6.07) is 3.44. The third kappa shape index (κ3) is 4.01. The van der Waals surface area contributed by atoms with Crippen LogP contribution in [0.25, 0.3) is 0 Å². The number of guanidine groups is 1. The van der Waals surface area contributed by atoms with E-state index in [0.717, 1.165) is 31.0 Å². The maximum Gasteiger partial charge on any atom is 0.252 e. The maximum atomic E-state index is 12.5. The molecule has 3 rings (SSSR count). The van der Waals surface area contributed by atoms with Crippen molar-refractivity contribution in [1.29, 1.82) is 0 Å². The zero-order chi connectivity index (χ0) is 16.3. The van der Waals surface area contributed by atoms with E-state index in [0.29, 0.717) is 29.8 Å². The van der Waals surface area contributed by atoms with Gasteiger partial charge in [-0.2, -0.15) is 16.1 Å². The summed E-state index contributed by atoms with van der Waals surface area (Å²) >= 11 is 3.21. The summed E-state index contributed by atoms with van der Waals surface area (Å²) in [5, 5.41) is 1.79. The Balaban J connectivity index is 1.56. The van der Waals surface area contributed by atoms with Crippen LogP contribution in [0.2, 0.25) is 0 Å². The standard InChI is InChI=1S/C14H22N4O2S3/c15-14(17-5-8-21-9-6-17)16-10-12-3-4-18(11-12)23(19,20)13-2-1-7-22-13/h1-2,7,12H,3-6,8-11H2,(H2,15,16). The highest BCUT2D eigenvalue weighted by Gasteiger charge is 2.33. The van der Waals surface area contributed by atoms with Crippen LogP contribution >= 0.6 is 23.1 Å². The summed E-state index contributed by atoms with van der Waals surface area (Å²) in [4.78, 5) is 6.62. The Morgan fingerprint density at radius 2 is 2.13 bits per heavy atom. The highest BCUT2D eigenvalue weighted by Crippen LogP contribution is 2.27. The van der Waals surface area contributed by atoms with Crippen LogP contribution in [0.15, 0.2) is 26.7 Å². The van der Waals surface area contributed by atoms with Gasteiger partial charge in [-0.05, 0) is 23.8 Å². The first-order chi connectivity index (χ1) is 11.1. The van der Waals surface area contributed by atoms with Gasteiger partial charge in [0.2, 0.25) is 0 Å². The van der Waals surface area contributed by atoms with E-state index in [1.54, 1.807) is 21.8 Å². The van der Waals surface area contributed by atoms with E-state index in [2.05, 4.69) is 9.89 Å². The van der Waals surface area contributed by atoms with E-state index in [1.807, 2.05) is 11.8 Å². The fraction of sp³-hybridized carbons (Fsp3) is 0.643. The highest BCUT2D eigenvalue weighted by atomic mass is 32.2. The predicted octanol–water partition coefficient (Wildman–Crippen LogP) is 1.12. The molecule has 6 nitrogen and oxygen atoms in total. The number of rotatable bonds is 4. The van der Waals surface area contributed by atoms with Crippen LogP contribution in [0.1, 0.15) is 6.42 Å². The lowest BCUT2D eigenvalue weighted by molar-refractivity contribution is 0.446. The SMILES string of the molecule is NC(=NCC1CCN(S(=O)(=O)c2cccs2)C1)N1CCSCC1. The van der Waals surface area contributed by atoms with Gasteiger partial charge in [0, 0.05) is 44.2 Å². The fourth-order valence-electron chi connectivity index (χ4n) is 2.82. The van der Waals surface area contributed by atoms with Gasteiger partial charge < -0.3 is 10.6 Å². The predicted molar refractivity (Wildman–Crippen MR) is 96.6 cm³/mol. The monoisotopic (exact) mass is 374 g/mol. The van der Waals surface area contributed by atoms with Gasteiger partial charge in [-0.15, -0.1) is 11.3 Å². The molecule has 2 saturated heterocycles. The summed E-state index contributed by atoms with van der Waals surface area (Å²) in [7, 11) is -3.33. The number of hydrogen-bond donors (Lipinski definition) is 1. The van der Waals surface area contributed by atoms with Crippen molar-refractivity contribution in [2.45, 2.75) is 10.6 Å². The largest absolute Gasteiger partial charge is 0.370 e. The molecule has 1 aromatic rings. The molecule has 2 aliphatic rings. The third-order valence-electron chi connectivity index (χ3n) is 4.18. The zero-order valence-electron chi connectivity index (χ0n) is 12.9. The van der Waals surface area contributed by atoms with Crippen LogP contribution in [0.4, 0.5) is 0 Å². The summed E-state index contributed by atoms with van der Waals surface area (Å²) in [5.74, 6) is 3.03. The zero-order valence-corrected chi connectivity index (χ0v) is 15.4. The van der Waals surface area contributed by atoms with Crippen LogP contribution in [0, 0.1) is 5.92 Å². The van der Waals surface area contributed by atoms with Gasteiger partial charge in [-0.25, -0.2) is 8.42 Å². The molecule has 1 aromatic heterocycles. The van der Waals surface area contributed by atoms with E-state index in [9.17, 15) is 8.42 Å². The van der Waals surface area contributed by atoms with Crippen molar-refractivity contribution in [3.8, 4) is 0 Å². The average Bonchev–Trinajstić information content (AvgIpc) is 3.25. The summed E-state index contributed by atoms with van der Waals surface area (Å²) in [5.41, 5.74) is 6.06. The first-order valence-electron chi connectivity index (χ1n) is 7.73. The van der Waals surface area contributed by atoms with E-state index < -0.39 is 10.0 Å². The molecule has 1 atom stereocenters. The molecule has 23 heavy (non-hydrogen) atoms. The normalized spacial score (nSPS) is 24.3. The minimum atomic E-state index is -3.33. The van der Waals surface area contributed by atoms with Crippen molar-refractivity contribution in [1.82, 2.24) is 9.21 Å². The fourth-order valence-corrected chi connectivity index (χ4v) is 6.40. The Labute approximate surface area is 145 Å². The molecule has 0 radical (unpaired) electrons. The quantitative estimate of drug-likeness (QED) is 0.631. The topological polar surface area (TPSA) is 79.0 Å². The van der Waals surface area contributed by atoms with Crippen LogP contribution in [0.3, 0.4) is 0 Å². The molecule has 0 aliphatic carbocycles. The van der Waals surface area contributed by atoms with Crippen molar-refractivity contribution < 1.29 is 8.42 Å². The van der Waals surface area contributed by atoms with Gasteiger partial charge in [-0.1, -0.05) is 6.07 Å². The minimum absolute atomic E-state index is 0.252. The van der Waals surface area contributed by atoms with Crippen molar-refractivity contribution in [2.24, 2.45) is 16.6 Å². The molecule has 0 spiro atoms. The molecule has 3 heterocycles. The Kier molecular flexibility index (Phi) is 5.50. The van der Waals surface area contributed by atoms with Crippen LogP contribution in [-0.4, -0.2) is 67.8 Å². The van der Waals surface area contributed by atoms with E-state index in [4.69, 9.17) is 5.73 Å². The molecular formula is C14H22N4O2S3. The summed E-state index contributed by atoms with van der Waals surface area (Å²) in [6.45, 7) is 3.60. The summed E-state index contributed by atoms with van der Waals surface area (Å²) < 4.78 is 27.0. The number of hydrogen-bond acceptors (Lipinski definition) is 5. The van der Waals surface area contributed by atoms with E-state index >= 15 is 0 Å². The van der Waals surface area contributed by atoms with Gasteiger partial charge >= 0.3 is 0 Å². The molecule has 0 aromatic carbocycles. The molecule has 128 valence electrons. The molecule has 0 amide bonds. The van der Waals surface area contributed by atoms with Gasteiger partial charge in [0.1, 0.15) is 4.21 Å².